The van der Waals surface area contributed by atoms with E-state index in [1.165, 1.54) is 11.8 Å². The molecule has 2 saturated heterocycles. The molecule has 2 amide bonds. The van der Waals surface area contributed by atoms with E-state index in [2.05, 4.69) is 10.3 Å². The summed E-state index contributed by atoms with van der Waals surface area (Å²) < 4.78 is 29.5. The lowest BCUT2D eigenvalue weighted by molar-refractivity contribution is -0.117. The molecule has 3 rings (SSSR count). The number of benzene rings is 1. The van der Waals surface area contributed by atoms with Crippen LogP contribution in [0.4, 0.5) is 16.2 Å². The highest BCUT2D eigenvalue weighted by Crippen LogP contribution is 2.41. The molecule has 1 N–H and O–H groups in total. The zero-order valence-electron chi connectivity index (χ0n) is 19.0. The molecule has 0 saturated carbocycles. The first-order valence-electron chi connectivity index (χ1n) is 10.4. The topological polar surface area (TPSA) is 108 Å². The first-order chi connectivity index (χ1) is 14.8. The lowest BCUT2D eigenvalue weighted by Gasteiger charge is -2.25. The minimum absolute atomic E-state index is 0.0182. The minimum Gasteiger partial charge on any atom is -0.444 e. The fraction of sp³-hybridized carbons (Fsp3) is 0.571. The Kier molecular flexibility index (Phi) is 7.09. The third-order valence-electron chi connectivity index (χ3n) is 4.94. The van der Waals surface area contributed by atoms with Gasteiger partial charge in [0.25, 0.3) is 0 Å². The highest BCUT2D eigenvalue weighted by Gasteiger charge is 2.49. The van der Waals surface area contributed by atoms with Gasteiger partial charge >= 0.3 is 6.09 Å². The molecule has 0 spiro atoms. The van der Waals surface area contributed by atoms with Crippen LogP contribution < -0.4 is 15.1 Å². The van der Waals surface area contributed by atoms with Gasteiger partial charge in [-0.1, -0.05) is 11.8 Å². The summed E-state index contributed by atoms with van der Waals surface area (Å²) in [5, 5.41) is 2.88. The van der Waals surface area contributed by atoms with Crippen LogP contribution >= 0.6 is 11.8 Å². The number of nitrogens with one attached hydrogen (secondary N) is 1. The lowest BCUT2D eigenvalue weighted by atomic mass is 10.2. The minimum atomic E-state index is -3.13. The molecule has 0 unspecified atom stereocenters. The van der Waals surface area contributed by atoms with Crippen LogP contribution in [0.15, 0.2) is 29.3 Å². The van der Waals surface area contributed by atoms with Gasteiger partial charge in [-0.25, -0.2) is 13.2 Å². The predicted octanol–water partition coefficient (Wildman–Crippen LogP) is 2.27. The largest absolute Gasteiger partial charge is 0.444 e. The summed E-state index contributed by atoms with van der Waals surface area (Å²) >= 11 is 1.33. The fourth-order valence-electron chi connectivity index (χ4n) is 3.53. The van der Waals surface area contributed by atoms with E-state index in [1.807, 2.05) is 48.2 Å². The van der Waals surface area contributed by atoms with E-state index in [4.69, 9.17) is 4.74 Å². The van der Waals surface area contributed by atoms with Gasteiger partial charge in [-0.2, -0.15) is 4.99 Å². The number of sulfone groups is 1. The molecule has 2 aliphatic rings. The van der Waals surface area contributed by atoms with Gasteiger partial charge in [0.05, 0.1) is 17.5 Å². The Morgan fingerprint density at radius 3 is 2.47 bits per heavy atom. The summed E-state index contributed by atoms with van der Waals surface area (Å²) in [5.41, 5.74) is 1.19. The van der Waals surface area contributed by atoms with E-state index in [9.17, 15) is 18.0 Å². The van der Waals surface area contributed by atoms with Crippen LogP contribution in [0.2, 0.25) is 0 Å². The summed E-state index contributed by atoms with van der Waals surface area (Å²) in [6.45, 7) is 5.39. The maximum absolute atomic E-state index is 12.5. The number of anilines is 2. The predicted molar refractivity (Wildman–Crippen MR) is 128 cm³/mol. The van der Waals surface area contributed by atoms with Crippen molar-refractivity contribution in [2.24, 2.45) is 4.99 Å². The van der Waals surface area contributed by atoms with Crippen molar-refractivity contribution in [3.8, 4) is 0 Å². The van der Waals surface area contributed by atoms with Gasteiger partial charge in [-0.3, -0.25) is 4.79 Å². The van der Waals surface area contributed by atoms with Crippen LogP contribution in [0.3, 0.4) is 0 Å². The Morgan fingerprint density at radius 1 is 1.22 bits per heavy atom. The number of amides is 2. The average molecular weight is 483 g/mol. The Balaban J connectivity index is 1.73. The zero-order chi connectivity index (χ0) is 23.7. The molecule has 1 aromatic carbocycles. The molecule has 176 valence electrons. The number of fused-ring (bicyclic) bond motifs is 1. The number of hydrogen-bond donors (Lipinski definition) is 1. The van der Waals surface area contributed by atoms with E-state index in [-0.39, 0.29) is 41.7 Å². The summed E-state index contributed by atoms with van der Waals surface area (Å²) in [5.74, 6) is -0.281. The van der Waals surface area contributed by atoms with Crippen LogP contribution in [0.1, 0.15) is 27.2 Å². The molecule has 0 aliphatic carbocycles. The second-order valence-electron chi connectivity index (χ2n) is 9.05. The number of ether oxygens (including phenoxy) is 1. The third-order valence-corrected chi connectivity index (χ3v) is 8.15. The summed E-state index contributed by atoms with van der Waals surface area (Å²) in [4.78, 5) is 32.3. The smallest absolute Gasteiger partial charge is 0.407 e. The molecule has 0 radical (unpaired) electrons. The van der Waals surface area contributed by atoms with E-state index >= 15 is 0 Å². The van der Waals surface area contributed by atoms with E-state index in [0.29, 0.717) is 5.17 Å². The maximum atomic E-state index is 12.5. The van der Waals surface area contributed by atoms with Crippen molar-refractivity contribution < 1.29 is 22.7 Å². The SMILES string of the molecule is CN(C)c1ccc(N2C(=NC(=O)CCNC(=O)OC(C)(C)C)S[C@@H]3CS(=O)(=O)C[C@H]32)cc1. The molecular weight excluding hydrogens is 452 g/mol. The van der Waals surface area contributed by atoms with Gasteiger partial charge in [0.1, 0.15) is 5.60 Å². The van der Waals surface area contributed by atoms with Gasteiger partial charge in [0.15, 0.2) is 15.0 Å². The Labute approximate surface area is 193 Å². The number of hydrogen-bond acceptors (Lipinski definition) is 7. The van der Waals surface area contributed by atoms with Crippen molar-refractivity contribution in [1.29, 1.82) is 0 Å². The highest BCUT2D eigenvalue weighted by atomic mass is 32.2. The third kappa shape index (κ3) is 6.16. The number of thioether (sulfide) groups is 1. The molecule has 1 aromatic rings. The summed E-state index contributed by atoms with van der Waals surface area (Å²) in [7, 11) is 0.753. The first-order valence-corrected chi connectivity index (χ1v) is 13.1. The molecule has 0 aromatic heterocycles. The van der Waals surface area contributed by atoms with Crippen molar-refractivity contribution in [2.75, 3.05) is 41.9 Å². The molecule has 11 heteroatoms. The first kappa shape index (κ1) is 24.4. The Hall–Kier alpha value is -2.27. The quantitative estimate of drug-likeness (QED) is 0.681. The van der Waals surface area contributed by atoms with Gasteiger partial charge in [0.2, 0.25) is 5.91 Å². The number of amidine groups is 1. The van der Waals surface area contributed by atoms with Gasteiger partial charge < -0.3 is 19.9 Å². The summed E-state index contributed by atoms with van der Waals surface area (Å²) in [6, 6.07) is 7.45. The van der Waals surface area contributed by atoms with Crippen molar-refractivity contribution in [3.63, 3.8) is 0 Å². The normalized spacial score (nSPS) is 23.2. The molecule has 2 atom stereocenters. The van der Waals surface area contributed by atoms with Crippen LogP contribution in [-0.2, 0) is 19.4 Å². The number of alkyl carbamates (subject to hydrolysis) is 1. The van der Waals surface area contributed by atoms with Crippen LogP contribution in [-0.4, -0.2) is 74.6 Å². The van der Waals surface area contributed by atoms with Crippen LogP contribution in [0.25, 0.3) is 0 Å². The number of aliphatic imine (C=N–C) groups is 1. The van der Waals surface area contributed by atoms with Crippen LogP contribution in [0, 0.1) is 0 Å². The molecule has 2 heterocycles. The molecule has 2 aliphatic heterocycles. The monoisotopic (exact) mass is 482 g/mol. The van der Waals surface area contributed by atoms with Crippen molar-refractivity contribution in [2.45, 2.75) is 44.1 Å². The van der Waals surface area contributed by atoms with E-state index < -0.39 is 21.5 Å². The van der Waals surface area contributed by atoms with E-state index in [1.54, 1.807) is 20.8 Å². The molecule has 0 bridgehead atoms. The molecule has 9 nitrogen and oxygen atoms in total. The fourth-order valence-corrected chi connectivity index (χ4v) is 7.46. The molecule has 32 heavy (non-hydrogen) atoms. The number of rotatable bonds is 5. The maximum Gasteiger partial charge on any atom is 0.407 e. The van der Waals surface area contributed by atoms with Crippen molar-refractivity contribution in [3.05, 3.63) is 24.3 Å². The highest BCUT2D eigenvalue weighted by molar-refractivity contribution is 8.16. The molecular formula is C21H30N4O5S2. The second-order valence-corrected chi connectivity index (χ2v) is 12.4. The van der Waals surface area contributed by atoms with Crippen molar-refractivity contribution in [1.82, 2.24) is 5.32 Å². The number of carbonyl (C=O) groups excluding carboxylic acids is 2. The summed E-state index contributed by atoms with van der Waals surface area (Å²) in [6.07, 6.45) is -0.569. The average Bonchev–Trinajstić information content (AvgIpc) is 3.10. The zero-order valence-corrected chi connectivity index (χ0v) is 20.6. The van der Waals surface area contributed by atoms with Crippen LogP contribution in [0.5, 0.6) is 0 Å². The standard InChI is InChI=1S/C21H30N4O5S2/c1-21(2,3)30-20(27)22-11-10-18(26)23-19-25(15-8-6-14(7-9-15)24(4)5)16-12-32(28,29)13-17(16)31-19/h6-9,16-17H,10-13H2,1-5H3,(H,22,27)/t16-,17-/m1/s1. The molecule has 2 fully saturated rings. The Bertz CT molecular complexity index is 1000. The van der Waals surface area contributed by atoms with Crippen molar-refractivity contribution >= 4 is 50.1 Å². The van der Waals surface area contributed by atoms with E-state index in [0.717, 1.165) is 11.4 Å². The number of carbonyl (C=O) groups is 2. The van der Waals surface area contributed by atoms with Gasteiger partial charge in [-0.05, 0) is 45.0 Å². The lowest BCUT2D eigenvalue weighted by Crippen LogP contribution is -2.38. The Morgan fingerprint density at radius 2 is 1.88 bits per heavy atom. The number of nitrogens with zero attached hydrogens (tertiary/aromatic N) is 3. The van der Waals surface area contributed by atoms with Gasteiger partial charge in [-0.15, -0.1) is 0 Å². The van der Waals surface area contributed by atoms with Gasteiger partial charge in [0, 0.05) is 43.7 Å². The second kappa shape index (κ2) is 9.30.